The minimum Gasteiger partial charge on any atom is -0.365 e. The zero-order valence-corrected chi connectivity index (χ0v) is 17.3. The Morgan fingerprint density at radius 3 is 2.28 bits per heavy atom. The van der Waals surface area contributed by atoms with Gasteiger partial charge in [-0.15, -0.1) is 0 Å². The van der Waals surface area contributed by atoms with E-state index in [1.54, 1.807) is 11.5 Å². The summed E-state index contributed by atoms with van der Waals surface area (Å²) in [7, 11) is 0. The van der Waals surface area contributed by atoms with Gasteiger partial charge in [0.05, 0.1) is 6.61 Å². The number of benzene rings is 2. The third-order valence-corrected chi connectivity index (χ3v) is 5.00. The largest absolute Gasteiger partial charge is 0.365 e. The molecule has 6 heteroatoms. The first-order valence-corrected chi connectivity index (χ1v) is 9.71. The molecule has 0 fully saturated rings. The van der Waals surface area contributed by atoms with Crippen molar-refractivity contribution >= 4 is 5.82 Å². The lowest BCUT2D eigenvalue weighted by molar-refractivity contribution is -0.392. The van der Waals surface area contributed by atoms with Crippen LogP contribution < -0.4 is 0 Å². The molecular weight excluding hydrogens is 366 g/mol. The molecule has 1 atom stereocenters. The summed E-state index contributed by atoms with van der Waals surface area (Å²) in [6.07, 6.45) is 1.04. The molecule has 0 radical (unpaired) electrons. The lowest BCUT2D eigenvalue weighted by atomic mass is 9.86. The summed E-state index contributed by atoms with van der Waals surface area (Å²) in [6.45, 7) is 9.02. The zero-order valence-electron chi connectivity index (χ0n) is 17.3. The third kappa shape index (κ3) is 4.90. The summed E-state index contributed by atoms with van der Waals surface area (Å²) in [5, 5.41) is 11.2. The van der Waals surface area contributed by atoms with Gasteiger partial charge in [0.15, 0.2) is 5.82 Å². The molecule has 0 aliphatic rings. The van der Waals surface area contributed by atoms with E-state index in [1.165, 1.54) is 11.8 Å². The molecule has 3 aromatic rings. The summed E-state index contributed by atoms with van der Waals surface area (Å²) in [6, 6.07) is 18.5. The predicted molar refractivity (Wildman–Crippen MR) is 113 cm³/mol. The van der Waals surface area contributed by atoms with E-state index in [0.717, 1.165) is 11.1 Å². The van der Waals surface area contributed by atoms with Gasteiger partial charge >= 0.3 is 5.82 Å². The lowest BCUT2D eigenvalue weighted by Crippen LogP contribution is -2.15. The van der Waals surface area contributed by atoms with Gasteiger partial charge in [-0.1, -0.05) is 75.4 Å². The van der Waals surface area contributed by atoms with Gasteiger partial charge in [-0.25, -0.2) is 9.55 Å². The molecule has 29 heavy (non-hydrogen) atoms. The number of rotatable bonds is 7. The normalized spacial score (nSPS) is 12.7. The Morgan fingerprint density at radius 1 is 1.07 bits per heavy atom. The van der Waals surface area contributed by atoms with Crippen molar-refractivity contribution in [1.82, 2.24) is 9.55 Å². The maximum atomic E-state index is 11.2. The molecule has 0 amide bonds. The molecule has 0 saturated carbocycles. The number of aryl methyl sites for hydroxylation is 1. The first-order valence-electron chi connectivity index (χ1n) is 9.71. The van der Waals surface area contributed by atoms with Crippen LogP contribution in [-0.4, -0.2) is 21.1 Å². The van der Waals surface area contributed by atoms with Gasteiger partial charge in [0.25, 0.3) is 0 Å². The molecule has 0 aliphatic carbocycles. The molecule has 6 nitrogen and oxygen atoms in total. The van der Waals surface area contributed by atoms with Crippen LogP contribution in [0.3, 0.4) is 0 Å². The maximum absolute atomic E-state index is 11.2. The highest BCUT2D eigenvalue weighted by molar-refractivity contribution is 5.34. The summed E-state index contributed by atoms with van der Waals surface area (Å²) in [4.78, 5) is 14.8. The number of nitrogens with zero attached hydrogens (tertiary/aromatic N) is 3. The van der Waals surface area contributed by atoms with Crippen LogP contribution >= 0.6 is 0 Å². The smallest absolute Gasteiger partial charge is 0.342 e. The first kappa shape index (κ1) is 20.7. The van der Waals surface area contributed by atoms with Crippen molar-refractivity contribution in [2.45, 2.75) is 45.8 Å². The average molecular weight is 393 g/mol. The molecule has 0 N–H and O–H groups in total. The average Bonchev–Trinajstić information content (AvgIpc) is 3.06. The van der Waals surface area contributed by atoms with Crippen LogP contribution in [0.25, 0.3) is 0 Å². The quantitative estimate of drug-likeness (QED) is 0.408. The topological polar surface area (TPSA) is 70.2 Å². The van der Waals surface area contributed by atoms with Gasteiger partial charge in [0.1, 0.15) is 18.8 Å². The van der Waals surface area contributed by atoms with E-state index in [4.69, 9.17) is 4.74 Å². The minimum atomic E-state index is -0.417. The van der Waals surface area contributed by atoms with Gasteiger partial charge in [0.2, 0.25) is 0 Å². The second-order valence-electron chi connectivity index (χ2n) is 8.11. The lowest BCUT2D eigenvalue weighted by Gasteiger charge is -2.22. The summed E-state index contributed by atoms with van der Waals surface area (Å²) < 4.78 is 7.81. The van der Waals surface area contributed by atoms with E-state index < -0.39 is 4.92 Å². The van der Waals surface area contributed by atoms with Crippen molar-refractivity contribution in [3.8, 4) is 0 Å². The van der Waals surface area contributed by atoms with Crippen molar-refractivity contribution < 1.29 is 9.66 Å². The Hall–Kier alpha value is -2.99. The SMILES string of the molecule is Cc1ncc([N+](=O)[O-])n1CCOC(c1ccccc1)c1ccc(C(C)(C)C)cc1. The Labute approximate surface area is 171 Å². The fraction of sp³-hybridized carbons (Fsp3) is 0.348. The van der Waals surface area contributed by atoms with Crippen LogP contribution in [0.2, 0.25) is 0 Å². The fourth-order valence-electron chi connectivity index (χ4n) is 3.31. The molecule has 0 spiro atoms. The monoisotopic (exact) mass is 393 g/mol. The van der Waals surface area contributed by atoms with Gasteiger partial charge in [-0.2, -0.15) is 0 Å². The number of hydrogen-bond acceptors (Lipinski definition) is 4. The second kappa shape index (κ2) is 8.57. The number of nitro groups is 1. The van der Waals surface area contributed by atoms with Gasteiger partial charge in [-0.05, 0) is 27.0 Å². The molecule has 2 aromatic carbocycles. The molecule has 1 heterocycles. The Kier molecular flexibility index (Phi) is 6.13. The molecule has 0 aliphatic heterocycles. The van der Waals surface area contributed by atoms with Crippen LogP contribution in [-0.2, 0) is 16.7 Å². The van der Waals surface area contributed by atoms with E-state index in [2.05, 4.69) is 50.0 Å². The molecular formula is C23H27N3O3. The van der Waals surface area contributed by atoms with Crippen LogP contribution in [0.15, 0.2) is 60.8 Å². The van der Waals surface area contributed by atoms with Crippen LogP contribution in [0.4, 0.5) is 5.82 Å². The van der Waals surface area contributed by atoms with Gasteiger partial charge < -0.3 is 14.9 Å². The van der Waals surface area contributed by atoms with E-state index in [1.807, 2.05) is 30.3 Å². The van der Waals surface area contributed by atoms with E-state index in [0.29, 0.717) is 19.0 Å². The summed E-state index contributed by atoms with van der Waals surface area (Å²) in [5.74, 6) is 0.586. The predicted octanol–water partition coefficient (Wildman–Crippen LogP) is 5.20. The first-order chi connectivity index (χ1) is 13.8. The van der Waals surface area contributed by atoms with Crippen molar-refractivity contribution in [1.29, 1.82) is 0 Å². The Morgan fingerprint density at radius 2 is 1.69 bits per heavy atom. The Bertz CT molecular complexity index is 957. The van der Waals surface area contributed by atoms with Crippen LogP contribution in [0.5, 0.6) is 0 Å². The highest BCUT2D eigenvalue weighted by Gasteiger charge is 2.20. The highest BCUT2D eigenvalue weighted by atomic mass is 16.6. The molecule has 1 aromatic heterocycles. The fourth-order valence-corrected chi connectivity index (χ4v) is 3.31. The highest BCUT2D eigenvalue weighted by Crippen LogP contribution is 2.29. The second-order valence-corrected chi connectivity index (χ2v) is 8.11. The van der Waals surface area contributed by atoms with E-state index in [-0.39, 0.29) is 17.3 Å². The van der Waals surface area contributed by atoms with Crippen molar-refractivity contribution in [3.63, 3.8) is 0 Å². The van der Waals surface area contributed by atoms with E-state index in [9.17, 15) is 10.1 Å². The minimum absolute atomic E-state index is 0.0168. The molecule has 1 unspecified atom stereocenters. The van der Waals surface area contributed by atoms with Crippen molar-refractivity contribution in [3.05, 3.63) is 93.4 Å². The van der Waals surface area contributed by atoms with Gasteiger partial charge in [-0.3, -0.25) is 0 Å². The van der Waals surface area contributed by atoms with Crippen LogP contribution in [0, 0.1) is 17.0 Å². The zero-order chi connectivity index (χ0) is 21.0. The third-order valence-electron chi connectivity index (χ3n) is 5.00. The van der Waals surface area contributed by atoms with Crippen molar-refractivity contribution in [2.75, 3.05) is 6.61 Å². The number of hydrogen-bond donors (Lipinski definition) is 0. The van der Waals surface area contributed by atoms with Crippen molar-refractivity contribution in [2.24, 2.45) is 0 Å². The molecule has 0 saturated heterocycles. The van der Waals surface area contributed by atoms with Gasteiger partial charge in [0, 0.05) is 6.92 Å². The molecule has 0 bridgehead atoms. The Balaban J connectivity index is 1.81. The molecule has 3 rings (SSSR count). The maximum Gasteiger partial charge on any atom is 0.342 e. The van der Waals surface area contributed by atoms with Crippen LogP contribution in [0.1, 0.15) is 49.4 Å². The standard InChI is InChI=1S/C23H27N3O3/c1-17-24-16-21(26(27)28)25(17)14-15-29-22(18-8-6-5-7-9-18)19-10-12-20(13-11-19)23(2,3)4/h5-13,16,22H,14-15H2,1-4H3. The molecule has 152 valence electrons. The number of aromatic nitrogens is 2. The summed E-state index contributed by atoms with van der Waals surface area (Å²) >= 11 is 0. The number of ether oxygens (including phenoxy) is 1. The summed E-state index contributed by atoms with van der Waals surface area (Å²) in [5.41, 5.74) is 3.45. The van der Waals surface area contributed by atoms with E-state index >= 15 is 0 Å². The number of imidazole rings is 1.